The minimum Gasteiger partial charge on any atom is -0.477 e. The molecule has 1 atom stereocenters. The quantitative estimate of drug-likeness (QED) is 0.814. The molecule has 0 fully saturated rings. The van der Waals surface area contributed by atoms with Crippen molar-refractivity contribution in [3.8, 4) is 5.75 Å². The molecule has 5 nitrogen and oxygen atoms in total. The third-order valence-electron chi connectivity index (χ3n) is 2.37. The highest BCUT2D eigenvalue weighted by Crippen LogP contribution is 2.21. The molecule has 0 saturated carbocycles. The molecule has 0 amide bonds. The van der Waals surface area contributed by atoms with Crippen LogP contribution in [-0.2, 0) is 9.53 Å². The first-order chi connectivity index (χ1) is 8.61. The summed E-state index contributed by atoms with van der Waals surface area (Å²) >= 11 is 3.39. The molecule has 18 heavy (non-hydrogen) atoms. The zero-order valence-electron chi connectivity index (χ0n) is 10.1. The zero-order chi connectivity index (χ0) is 13.1. The van der Waals surface area contributed by atoms with Gasteiger partial charge in [-0.2, -0.15) is 5.10 Å². The maximum Gasteiger partial charge on any atom is 0.347 e. The maximum absolute atomic E-state index is 11.4. The fourth-order valence-corrected chi connectivity index (χ4v) is 1.92. The molecule has 0 aliphatic heterocycles. The molecule has 0 N–H and O–H groups in total. The summed E-state index contributed by atoms with van der Waals surface area (Å²) in [6.07, 6.45) is 2.78. The first-order valence-corrected chi connectivity index (χ1v) is 6.37. The van der Waals surface area contributed by atoms with Gasteiger partial charge in [-0.3, -0.25) is 0 Å². The van der Waals surface area contributed by atoms with Crippen molar-refractivity contribution in [2.75, 3.05) is 6.61 Å². The number of esters is 1. The molecule has 2 aromatic heterocycles. The van der Waals surface area contributed by atoms with Gasteiger partial charge in [0.15, 0.2) is 6.10 Å². The van der Waals surface area contributed by atoms with Crippen molar-refractivity contribution in [2.45, 2.75) is 20.0 Å². The van der Waals surface area contributed by atoms with E-state index in [4.69, 9.17) is 9.47 Å². The molecule has 2 aromatic rings. The summed E-state index contributed by atoms with van der Waals surface area (Å²) in [7, 11) is 0. The Morgan fingerprint density at radius 1 is 1.56 bits per heavy atom. The lowest BCUT2D eigenvalue weighted by molar-refractivity contribution is -0.150. The Morgan fingerprint density at radius 2 is 2.33 bits per heavy atom. The number of carbonyl (C=O) groups is 1. The zero-order valence-corrected chi connectivity index (χ0v) is 11.7. The Balaban J connectivity index is 2.14. The van der Waals surface area contributed by atoms with E-state index >= 15 is 0 Å². The predicted molar refractivity (Wildman–Crippen MR) is 69.6 cm³/mol. The SMILES string of the molecule is CCOC(=O)[C@H](C)Oc1ccc2c(Br)cnn2c1. The van der Waals surface area contributed by atoms with Crippen molar-refractivity contribution in [2.24, 2.45) is 0 Å². The monoisotopic (exact) mass is 312 g/mol. The van der Waals surface area contributed by atoms with Crippen LogP contribution in [-0.4, -0.2) is 28.3 Å². The maximum atomic E-state index is 11.4. The number of rotatable bonds is 4. The van der Waals surface area contributed by atoms with E-state index in [1.165, 1.54) is 0 Å². The minimum absolute atomic E-state index is 0.345. The van der Waals surface area contributed by atoms with Crippen molar-refractivity contribution >= 4 is 27.4 Å². The summed E-state index contributed by atoms with van der Waals surface area (Å²) in [5, 5.41) is 4.14. The molecule has 0 aliphatic carbocycles. The summed E-state index contributed by atoms with van der Waals surface area (Å²) < 4.78 is 13.0. The molecule has 0 radical (unpaired) electrons. The third-order valence-corrected chi connectivity index (χ3v) is 2.98. The molecule has 0 spiro atoms. The summed E-state index contributed by atoms with van der Waals surface area (Å²) in [6.45, 7) is 3.76. The Morgan fingerprint density at radius 3 is 3.06 bits per heavy atom. The number of hydrogen-bond acceptors (Lipinski definition) is 4. The van der Waals surface area contributed by atoms with E-state index in [2.05, 4.69) is 21.0 Å². The molecule has 0 saturated heterocycles. The van der Waals surface area contributed by atoms with Gasteiger partial charge < -0.3 is 9.47 Å². The van der Waals surface area contributed by atoms with E-state index in [1.54, 1.807) is 36.8 Å². The van der Waals surface area contributed by atoms with E-state index < -0.39 is 6.10 Å². The summed E-state index contributed by atoms with van der Waals surface area (Å²) in [4.78, 5) is 11.4. The van der Waals surface area contributed by atoms with Crippen molar-refractivity contribution in [3.05, 3.63) is 29.0 Å². The lowest BCUT2D eigenvalue weighted by atomic mass is 10.3. The van der Waals surface area contributed by atoms with Crippen LogP contribution in [0, 0.1) is 0 Å². The number of fused-ring (bicyclic) bond motifs is 1. The molecular formula is C12H13BrN2O3. The molecule has 2 rings (SSSR count). The third kappa shape index (κ3) is 2.64. The van der Waals surface area contributed by atoms with E-state index in [0.29, 0.717) is 12.4 Å². The Hall–Kier alpha value is -1.56. The highest BCUT2D eigenvalue weighted by Gasteiger charge is 2.16. The second kappa shape index (κ2) is 5.39. The van der Waals surface area contributed by atoms with Gasteiger partial charge in [0, 0.05) is 0 Å². The lowest BCUT2D eigenvalue weighted by Gasteiger charge is -2.13. The molecule has 0 unspecified atom stereocenters. The molecule has 2 heterocycles. The van der Waals surface area contributed by atoms with Gasteiger partial charge in [-0.25, -0.2) is 9.31 Å². The van der Waals surface area contributed by atoms with Crippen LogP contribution in [0.1, 0.15) is 13.8 Å². The minimum atomic E-state index is -0.638. The van der Waals surface area contributed by atoms with Crippen LogP contribution < -0.4 is 4.74 Å². The lowest BCUT2D eigenvalue weighted by Crippen LogP contribution is -2.26. The number of carbonyl (C=O) groups excluding carboxylic acids is 1. The molecule has 6 heteroatoms. The standard InChI is InChI=1S/C12H13BrN2O3/c1-3-17-12(16)8(2)18-9-4-5-11-10(13)6-14-15(11)7-9/h4-8H,3H2,1-2H3/t8-/m0/s1. The van der Waals surface area contributed by atoms with Crippen LogP contribution in [0.15, 0.2) is 29.0 Å². The Kier molecular flexibility index (Phi) is 3.86. The second-order valence-corrected chi connectivity index (χ2v) is 4.55. The summed E-state index contributed by atoms with van der Waals surface area (Å²) in [5.41, 5.74) is 0.936. The largest absolute Gasteiger partial charge is 0.477 e. The van der Waals surface area contributed by atoms with Crippen LogP contribution in [0.2, 0.25) is 0 Å². The van der Waals surface area contributed by atoms with Gasteiger partial charge in [0.2, 0.25) is 0 Å². The van der Waals surface area contributed by atoms with Crippen LogP contribution in [0.3, 0.4) is 0 Å². The number of halogens is 1. The number of ether oxygens (including phenoxy) is 2. The normalized spacial score (nSPS) is 12.4. The second-order valence-electron chi connectivity index (χ2n) is 3.70. The van der Waals surface area contributed by atoms with E-state index in [-0.39, 0.29) is 5.97 Å². The first-order valence-electron chi connectivity index (χ1n) is 5.58. The molecule has 0 aliphatic rings. The van der Waals surface area contributed by atoms with Crippen molar-refractivity contribution in [1.29, 1.82) is 0 Å². The predicted octanol–water partition coefficient (Wildman–Crippen LogP) is 2.43. The molecule has 96 valence electrons. The van der Waals surface area contributed by atoms with Crippen molar-refractivity contribution in [3.63, 3.8) is 0 Å². The Bertz CT molecular complexity index is 567. The fraction of sp³-hybridized carbons (Fsp3) is 0.333. The van der Waals surface area contributed by atoms with Gasteiger partial charge in [-0.15, -0.1) is 0 Å². The van der Waals surface area contributed by atoms with E-state index in [1.807, 2.05) is 6.07 Å². The molecule has 0 bridgehead atoms. The van der Waals surface area contributed by atoms with Gasteiger partial charge >= 0.3 is 5.97 Å². The highest BCUT2D eigenvalue weighted by atomic mass is 79.9. The van der Waals surface area contributed by atoms with Gasteiger partial charge in [-0.05, 0) is 41.9 Å². The smallest absolute Gasteiger partial charge is 0.347 e. The average molecular weight is 313 g/mol. The van der Waals surface area contributed by atoms with E-state index in [9.17, 15) is 4.79 Å². The van der Waals surface area contributed by atoms with Crippen LogP contribution in [0.5, 0.6) is 5.75 Å². The first kappa shape index (κ1) is 12.9. The number of nitrogens with zero attached hydrogens (tertiary/aromatic N) is 2. The highest BCUT2D eigenvalue weighted by molar-refractivity contribution is 9.10. The van der Waals surface area contributed by atoms with Crippen LogP contribution in [0.25, 0.3) is 5.52 Å². The number of aromatic nitrogens is 2. The van der Waals surface area contributed by atoms with Gasteiger partial charge in [-0.1, -0.05) is 0 Å². The number of pyridine rings is 1. The Labute approximate surface area is 113 Å². The van der Waals surface area contributed by atoms with Gasteiger partial charge in [0.1, 0.15) is 5.75 Å². The van der Waals surface area contributed by atoms with Crippen molar-refractivity contribution < 1.29 is 14.3 Å². The van der Waals surface area contributed by atoms with Gasteiger partial charge in [0.05, 0.1) is 29.0 Å². The topological polar surface area (TPSA) is 52.8 Å². The van der Waals surface area contributed by atoms with Crippen LogP contribution >= 0.6 is 15.9 Å². The van der Waals surface area contributed by atoms with E-state index in [0.717, 1.165) is 9.99 Å². The average Bonchev–Trinajstić information content (AvgIpc) is 2.71. The summed E-state index contributed by atoms with van der Waals surface area (Å²) in [5.74, 6) is 0.192. The van der Waals surface area contributed by atoms with Crippen molar-refractivity contribution in [1.82, 2.24) is 9.61 Å². The fourth-order valence-electron chi connectivity index (χ4n) is 1.52. The molecular weight excluding hydrogens is 300 g/mol. The number of hydrogen-bond donors (Lipinski definition) is 0. The van der Waals surface area contributed by atoms with Gasteiger partial charge in [0.25, 0.3) is 0 Å². The molecule has 0 aromatic carbocycles. The van der Waals surface area contributed by atoms with Crippen LogP contribution in [0.4, 0.5) is 0 Å². The summed E-state index contributed by atoms with van der Waals surface area (Å²) in [6, 6.07) is 3.65.